The number of hydrogen-bond acceptors (Lipinski definition) is 4. The molecule has 0 saturated carbocycles. The van der Waals surface area contributed by atoms with E-state index in [1.165, 1.54) is 35.0 Å². The Labute approximate surface area is 152 Å². The molecular formula is C17H13BrN2O4S. The number of carboxylic acids is 1. The second kappa shape index (κ2) is 6.45. The second-order valence-electron chi connectivity index (χ2n) is 5.40. The summed E-state index contributed by atoms with van der Waals surface area (Å²) in [6.45, 7) is 0. The highest BCUT2D eigenvalue weighted by molar-refractivity contribution is 9.10. The molecule has 0 spiro atoms. The minimum Gasteiger partial charge on any atom is -0.477 e. The molecule has 25 heavy (non-hydrogen) atoms. The van der Waals surface area contributed by atoms with Crippen LogP contribution in [-0.4, -0.2) is 35.5 Å². The van der Waals surface area contributed by atoms with Crippen LogP contribution in [0.25, 0.3) is 16.9 Å². The zero-order valence-corrected chi connectivity index (χ0v) is 15.5. The second-order valence-corrected chi connectivity index (χ2v) is 8.34. The number of rotatable bonds is 4. The van der Waals surface area contributed by atoms with Crippen molar-refractivity contribution in [3.8, 4) is 16.9 Å². The van der Waals surface area contributed by atoms with Gasteiger partial charge in [-0.15, -0.1) is 0 Å². The Kier molecular flexibility index (Phi) is 4.49. The third-order valence-electron chi connectivity index (χ3n) is 3.58. The molecule has 6 nitrogen and oxygen atoms in total. The van der Waals surface area contributed by atoms with Crippen LogP contribution in [0.3, 0.4) is 0 Å². The summed E-state index contributed by atoms with van der Waals surface area (Å²) in [6, 6.07) is 14.7. The predicted molar refractivity (Wildman–Crippen MR) is 96.8 cm³/mol. The van der Waals surface area contributed by atoms with E-state index in [4.69, 9.17) is 0 Å². The first kappa shape index (κ1) is 17.4. The molecule has 0 aliphatic rings. The van der Waals surface area contributed by atoms with Gasteiger partial charge in [0.1, 0.15) is 0 Å². The summed E-state index contributed by atoms with van der Waals surface area (Å²) >= 11 is 3.35. The summed E-state index contributed by atoms with van der Waals surface area (Å²) in [6.07, 6.45) is 1.12. The number of carboxylic acid groups (broad SMARTS) is 1. The van der Waals surface area contributed by atoms with Crippen LogP contribution in [0.1, 0.15) is 10.5 Å². The van der Waals surface area contributed by atoms with Crippen LogP contribution in [0.5, 0.6) is 0 Å². The number of carbonyl (C=O) groups is 1. The van der Waals surface area contributed by atoms with E-state index in [2.05, 4.69) is 21.0 Å². The van der Waals surface area contributed by atoms with Crippen molar-refractivity contribution in [1.82, 2.24) is 9.78 Å². The fraction of sp³-hybridized carbons (Fsp3) is 0.0588. The maximum atomic E-state index is 11.6. The number of halogens is 1. The molecule has 8 heteroatoms. The Balaban J connectivity index is 2.09. The third-order valence-corrected chi connectivity index (χ3v) is 5.24. The van der Waals surface area contributed by atoms with Crippen molar-refractivity contribution < 1.29 is 18.3 Å². The number of nitrogens with zero attached hydrogens (tertiary/aromatic N) is 2. The molecule has 1 aromatic heterocycles. The van der Waals surface area contributed by atoms with Crippen molar-refractivity contribution in [2.45, 2.75) is 4.90 Å². The van der Waals surface area contributed by atoms with Crippen molar-refractivity contribution >= 4 is 31.7 Å². The fourth-order valence-corrected chi connectivity index (χ4v) is 3.22. The standard InChI is InChI=1S/C17H13BrN2O4S/c1-25(23,24)14-8-6-13(7-9-14)20-16(17(21)22)10-15(19-20)11-2-4-12(18)5-3-11/h2-10H,1H3,(H,21,22). The van der Waals surface area contributed by atoms with Gasteiger partial charge in [-0.25, -0.2) is 17.9 Å². The first-order valence-electron chi connectivity index (χ1n) is 7.15. The Morgan fingerprint density at radius 3 is 2.20 bits per heavy atom. The van der Waals surface area contributed by atoms with Gasteiger partial charge in [-0.1, -0.05) is 28.1 Å². The zero-order valence-electron chi connectivity index (χ0n) is 13.0. The highest BCUT2D eigenvalue weighted by Crippen LogP contribution is 2.24. The molecule has 0 fully saturated rings. The monoisotopic (exact) mass is 420 g/mol. The Hall–Kier alpha value is -2.45. The highest BCUT2D eigenvalue weighted by Gasteiger charge is 2.17. The molecule has 0 aliphatic heterocycles. The normalized spacial score (nSPS) is 11.4. The van der Waals surface area contributed by atoms with Gasteiger partial charge < -0.3 is 5.11 Å². The summed E-state index contributed by atoms with van der Waals surface area (Å²) in [5.74, 6) is -1.12. The lowest BCUT2D eigenvalue weighted by atomic mass is 10.1. The van der Waals surface area contributed by atoms with Crippen molar-refractivity contribution in [3.05, 3.63) is 64.8 Å². The van der Waals surface area contributed by atoms with E-state index in [0.717, 1.165) is 16.3 Å². The average molecular weight is 421 g/mol. The topological polar surface area (TPSA) is 89.3 Å². The van der Waals surface area contributed by atoms with Gasteiger partial charge in [0.15, 0.2) is 15.5 Å². The van der Waals surface area contributed by atoms with Crippen molar-refractivity contribution in [2.75, 3.05) is 6.26 Å². The Morgan fingerprint density at radius 2 is 1.68 bits per heavy atom. The van der Waals surface area contributed by atoms with Gasteiger partial charge in [-0.05, 0) is 42.5 Å². The molecule has 0 saturated heterocycles. The summed E-state index contributed by atoms with van der Waals surface area (Å²) in [5.41, 5.74) is 1.74. The van der Waals surface area contributed by atoms with Gasteiger partial charge in [0, 0.05) is 16.3 Å². The maximum Gasteiger partial charge on any atom is 0.354 e. The number of benzene rings is 2. The van der Waals surface area contributed by atoms with Gasteiger partial charge in [-0.3, -0.25) is 0 Å². The highest BCUT2D eigenvalue weighted by atomic mass is 79.9. The maximum absolute atomic E-state index is 11.6. The van der Waals surface area contributed by atoms with Gasteiger partial charge in [0.2, 0.25) is 0 Å². The summed E-state index contributed by atoms with van der Waals surface area (Å²) in [5, 5.41) is 13.8. The molecule has 0 atom stereocenters. The Bertz CT molecular complexity index is 1040. The summed E-state index contributed by atoms with van der Waals surface area (Å²) < 4.78 is 25.3. The van der Waals surface area contributed by atoms with E-state index >= 15 is 0 Å². The SMILES string of the molecule is CS(=O)(=O)c1ccc(-n2nc(-c3ccc(Br)cc3)cc2C(=O)O)cc1. The number of aromatic carboxylic acids is 1. The first-order valence-corrected chi connectivity index (χ1v) is 9.84. The predicted octanol–water partition coefficient (Wildman–Crippen LogP) is 3.40. The van der Waals surface area contributed by atoms with Crippen molar-refractivity contribution in [1.29, 1.82) is 0 Å². The first-order chi connectivity index (χ1) is 11.8. The van der Waals surface area contributed by atoms with Gasteiger partial charge in [0.25, 0.3) is 0 Å². The molecule has 3 rings (SSSR count). The molecule has 0 bridgehead atoms. The van der Waals surface area contributed by atoms with E-state index in [0.29, 0.717) is 11.4 Å². The van der Waals surface area contributed by atoms with Crippen LogP contribution in [0.2, 0.25) is 0 Å². The lowest BCUT2D eigenvalue weighted by Crippen LogP contribution is -2.08. The molecule has 1 heterocycles. The largest absolute Gasteiger partial charge is 0.477 e. The van der Waals surface area contributed by atoms with Crippen LogP contribution >= 0.6 is 15.9 Å². The molecule has 0 amide bonds. The van der Waals surface area contributed by atoms with E-state index in [1.807, 2.05) is 24.3 Å². The molecule has 2 aromatic carbocycles. The Morgan fingerprint density at radius 1 is 1.08 bits per heavy atom. The van der Waals surface area contributed by atoms with Crippen molar-refractivity contribution in [3.63, 3.8) is 0 Å². The van der Waals surface area contributed by atoms with E-state index < -0.39 is 15.8 Å². The molecule has 3 aromatic rings. The number of sulfone groups is 1. The lowest BCUT2D eigenvalue weighted by Gasteiger charge is -2.05. The lowest BCUT2D eigenvalue weighted by molar-refractivity contribution is 0.0687. The molecule has 0 aliphatic carbocycles. The van der Waals surface area contributed by atoms with Crippen molar-refractivity contribution in [2.24, 2.45) is 0 Å². The molecular weight excluding hydrogens is 408 g/mol. The molecule has 1 N–H and O–H groups in total. The van der Waals surface area contributed by atoms with Gasteiger partial charge >= 0.3 is 5.97 Å². The fourth-order valence-electron chi connectivity index (χ4n) is 2.33. The molecule has 0 unspecified atom stereocenters. The minimum absolute atomic E-state index is 0.00924. The molecule has 0 radical (unpaired) electrons. The zero-order chi connectivity index (χ0) is 18.2. The number of aromatic nitrogens is 2. The average Bonchev–Trinajstić information content (AvgIpc) is 3.00. The number of hydrogen-bond donors (Lipinski definition) is 1. The summed E-state index contributed by atoms with van der Waals surface area (Å²) in [7, 11) is -3.32. The van der Waals surface area contributed by atoms with E-state index in [9.17, 15) is 18.3 Å². The van der Waals surface area contributed by atoms with Crippen LogP contribution in [0.15, 0.2) is 64.0 Å². The smallest absolute Gasteiger partial charge is 0.354 e. The quantitative estimate of drug-likeness (QED) is 0.698. The van der Waals surface area contributed by atoms with Crippen LogP contribution < -0.4 is 0 Å². The summed E-state index contributed by atoms with van der Waals surface area (Å²) in [4.78, 5) is 11.7. The van der Waals surface area contributed by atoms with E-state index in [-0.39, 0.29) is 10.6 Å². The third kappa shape index (κ3) is 3.64. The van der Waals surface area contributed by atoms with Gasteiger partial charge in [0.05, 0.1) is 16.3 Å². The minimum atomic E-state index is -3.32. The van der Waals surface area contributed by atoms with E-state index in [1.54, 1.807) is 0 Å². The van der Waals surface area contributed by atoms with Crippen LogP contribution in [0.4, 0.5) is 0 Å². The van der Waals surface area contributed by atoms with Crippen LogP contribution in [0, 0.1) is 0 Å². The molecule has 128 valence electrons. The van der Waals surface area contributed by atoms with Crippen LogP contribution in [-0.2, 0) is 9.84 Å². The van der Waals surface area contributed by atoms with Gasteiger partial charge in [-0.2, -0.15) is 5.10 Å².